The smallest absolute Gasteiger partial charge is 0.128 e. The molecule has 0 saturated heterocycles. The molecule has 4 heteroatoms. The Morgan fingerprint density at radius 2 is 2.05 bits per heavy atom. The molecule has 1 N–H and O–H groups in total. The molecule has 3 nitrogen and oxygen atoms in total. The Hall–Kier alpha value is -1.68. The van der Waals surface area contributed by atoms with Crippen LogP contribution in [0.2, 0.25) is 0 Å². The summed E-state index contributed by atoms with van der Waals surface area (Å²) in [5, 5.41) is 7.81. The number of hydrogen-bond donors (Lipinski definition) is 1. The highest BCUT2D eigenvalue weighted by atomic mass is 19.1. The van der Waals surface area contributed by atoms with Gasteiger partial charge in [0.05, 0.1) is 11.7 Å². The fourth-order valence-electron chi connectivity index (χ4n) is 2.52. The van der Waals surface area contributed by atoms with Crippen molar-refractivity contribution >= 4 is 0 Å². The first-order valence-corrected chi connectivity index (χ1v) is 7.68. The molecule has 1 aromatic heterocycles. The normalized spacial score (nSPS) is 12.6. The van der Waals surface area contributed by atoms with Gasteiger partial charge in [-0.3, -0.25) is 4.68 Å². The van der Waals surface area contributed by atoms with Gasteiger partial charge in [0.15, 0.2) is 0 Å². The van der Waals surface area contributed by atoms with Crippen molar-refractivity contribution < 1.29 is 4.39 Å². The minimum Gasteiger partial charge on any atom is -0.305 e. The van der Waals surface area contributed by atoms with Crippen molar-refractivity contribution in [3.63, 3.8) is 0 Å². The van der Waals surface area contributed by atoms with Gasteiger partial charge in [-0.2, -0.15) is 5.10 Å². The Kier molecular flexibility index (Phi) is 5.51. The Bertz CT molecular complexity index is 577. The van der Waals surface area contributed by atoms with Crippen molar-refractivity contribution in [1.82, 2.24) is 15.1 Å². The molecule has 0 aliphatic rings. The molecule has 1 heterocycles. The fourth-order valence-corrected chi connectivity index (χ4v) is 2.52. The molecule has 0 aliphatic heterocycles. The molecule has 0 spiro atoms. The molecule has 0 aliphatic carbocycles. The number of aryl methyl sites for hydroxylation is 2. The Balaban J connectivity index is 2.39. The van der Waals surface area contributed by atoms with Crippen LogP contribution in [0.3, 0.4) is 0 Å². The summed E-state index contributed by atoms with van der Waals surface area (Å²) in [5.74, 6) is -0.159. The summed E-state index contributed by atoms with van der Waals surface area (Å²) in [7, 11) is 0. The predicted molar refractivity (Wildman–Crippen MR) is 83.8 cm³/mol. The highest BCUT2D eigenvalue weighted by Crippen LogP contribution is 2.25. The molecule has 0 saturated carbocycles. The van der Waals surface area contributed by atoms with E-state index in [0.29, 0.717) is 5.56 Å². The lowest BCUT2D eigenvalue weighted by molar-refractivity contribution is 0.493. The summed E-state index contributed by atoms with van der Waals surface area (Å²) < 4.78 is 16.3. The maximum absolute atomic E-state index is 14.4. The third-order valence-electron chi connectivity index (χ3n) is 3.55. The second kappa shape index (κ2) is 7.36. The molecule has 0 bridgehead atoms. The first-order chi connectivity index (χ1) is 10.2. The van der Waals surface area contributed by atoms with E-state index in [-0.39, 0.29) is 11.9 Å². The molecule has 114 valence electrons. The van der Waals surface area contributed by atoms with Crippen molar-refractivity contribution in [2.45, 2.75) is 46.2 Å². The summed E-state index contributed by atoms with van der Waals surface area (Å²) in [5.41, 5.74) is 2.65. The minimum absolute atomic E-state index is 0.153. The third-order valence-corrected chi connectivity index (χ3v) is 3.55. The fraction of sp³-hybridized carbons (Fsp3) is 0.471. The quantitative estimate of drug-likeness (QED) is 0.839. The van der Waals surface area contributed by atoms with Crippen molar-refractivity contribution in [2.75, 3.05) is 6.54 Å². The highest BCUT2D eigenvalue weighted by Gasteiger charge is 2.20. The lowest BCUT2D eigenvalue weighted by atomic mass is 10.0. The lowest BCUT2D eigenvalue weighted by Crippen LogP contribution is -2.26. The van der Waals surface area contributed by atoms with E-state index in [1.807, 2.05) is 29.8 Å². The van der Waals surface area contributed by atoms with Crippen molar-refractivity contribution in [1.29, 1.82) is 0 Å². The summed E-state index contributed by atoms with van der Waals surface area (Å²) in [6.45, 7) is 7.82. The van der Waals surface area contributed by atoms with Crippen molar-refractivity contribution in [2.24, 2.45) is 0 Å². The van der Waals surface area contributed by atoms with E-state index >= 15 is 0 Å². The largest absolute Gasteiger partial charge is 0.305 e. The predicted octanol–water partition coefficient (Wildman–Crippen LogP) is 3.83. The summed E-state index contributed by atoms with van der Waals surface area (Å²) in [4.78, 5) is 0. The second-order valence-electron chi connectivity index (χ2n) is 5.39. The first-order valence-electron chi connectivity index (χ1n) is 7.68. The third kappa shape index (κ3) is 3.70. The number of aromatic nitrogens is 2. The number of rotatable bonds is 7. The molecule has 2 rings (SSSR count). The zero-order chi connectivity index (χ0) is 15.2. The summed E-state index contributed by atoms with van der Waals surface area (Å²) in [6, 6.07) is 7.25. The molecule has 1 unspecified atom stereocenters. The van der Waals surface area contributed by atoms with Gasteiger partial charge in [0.1, 0.15) is 5.82 Å². The molecular formula is C17H24FN3. The molecule has 1 atom stereocenters. The van der Waals surface area contributed by atoms with Crippen LogP contribution >= 0.6 is 0 Å². The van der Waals surface area contributed by atoms with E-state index in [1.54, 1.807) is 12.3 Å². The number of benzene rings is 1. The average molecular weight is 289 g/mol. The van der Waals surface area contributed by atoms with Crippen LogP contribution in [0, 0.1) is 12.7 Å². The SMILES string of the molecule is CCCNC(c1ccc(C)cc1F)c1ccnn1CCC. The molecule has 0 radical (unpaired) electrons. The zero-order valence-corrected chi connectivity index (χ0v) is 13.1. The van der Waals surface area contributed by atoms with Crippen LogP contribution in [-0.2, 0) is 6.54 Å². The van der Waals surface area contributed by atoms with Crippen molar-refractivity contribution in [3.05, 3.63) is 53.1 Å². The lowest BCUT2D eigenvalue weighted by Gasteiger charge is -2.21. The van der Waals surface area contributed by atoms with Gasteiger partial charge in [0.2, 0.25) is 0 Å². The van der Waals surface area contributed by atoms with Gasteiger partial charge in [0.25, 0.3) is 0 Å². The van der Waals surface area contributed by atoms with Gasteiger partial charge in [0, 0.05) is 18.3 Å². The maximum Gasteiger partial charge on any atom is 0.128 e. The van der Waals surface area contributed by atoms with E-state index < -0.39 is 0 Å². The Labute approximate surface area is 126 Å². The van der Waals surface area contributed by atoms with Gasteiger partial charge < -0.3 is 5.32 Å². The van der Waals surface area contributed by atoms with Gasteiger partial charge in [-0.1, -0.05) is 26.0 Å². The zero-order valence-electron chi connectivity index (χ0n) is 13.1. The first kappa shape index (κ1) is 15.7. The molecule has 0 amide bonds. The van der Waals surface area contributed by atoms with E-state index in [9.17, 15) is 4.39 Å². The number of nitrogens with zero attached hydrogens (tertiary/aromatic N) is 2. The standard InChI is InChI=1S/C17H24FN3/c1-4-9-19-17(14-7-6-13(3)12-15(14)18)16-8-10-20-21(16)11-5-2/h6-8,10,12,17,19H,4-5,9,11H2,1-3H3. The molecule has 0 fully saturated rings. The average Bonchev–Trinajstić information content (AvgIpc) is 2.90. The summed E-state index contributed by atoms with van der Waals surface area (Å²) in [6.07, 6.45) is 3.80. The van der Waals surface area contributed by atoms with Gasteiger partial charge >= 0.3 is 0 Å². The van der Waals surface area contributed by atoms with Crippen LogP contribution in [0.5, 0.6) is 0 Å². The van der Waals surface area contributed by atoms with Crippen LogP contribution in [0.25, 0.3) is 0 Å². The topological polar surface area (TPSA) is 29.9 Å². The minimum atomic E-state index is -0.159. The second-order valence-corrected chi connectivity index (χ2v) is 5.39. The number of nitrogens with one attached hydrogen (secondary N) is 1. The summed E-state index contributed by atoms with van der Waals surface area (Å²) >= 11 is 0. The van der Waals surface area contributed by atoms with E-state index in [1.165, 1.54) is 0 Å². The van der Waals surface area contributed by atoms with Gasteiger partial charge in [-0.15, -0.1) is 0 Å². The number of halogens is 1. The van der Waals surface area contributed by atoms with Crippen molar-refractivity contribution in [3.8, 4) is 0 Å². The Morgan fingerprint density at radius 3 is 2.71 bits per heavy atom. The van der Waals surface area contributed by atoms with Gasteiger partial charge in [-0.25, -0.2) is 4.39 Å². The Morgan fingerprint density at radius 1 is 1.24 bits per heavy atom. The number of hydrogen-bond acceptors (Lipinski definition) is 2. The molecule has 1 aromatic carbocycles. The maximum atomic E-state index is 14.4. The van der Waals surface area contributed by atoms with Crippen LogP contribution in [0.15, 0.2) is 30.5 Å². The highest BCUT2D eigenvalue weighted by molar-refractivity contribution is 5.31. The monoisotopic (exact) mass is 289 g/mol. The molecule has 21 heavy (non-hydrogen) atoms. The van der Waals surface area contributed by atoms with Crippen LogP contribution in [0.4, 0.5) is 4.39 Å². The van der Waals surface area contributed by atoms with E-state index in [0.717, 1.165) is 37.2 Å². The van der Waals surface area contributed by atoms with Crippen LogP contribution in [0.1, 0.15) is 49.6 Å². The van der Waals surface area contributed by atoms with E-state index in [4.69, 9.17) is 0 Å². The van der Waals surface area contributed by atoms with E-state index in [2.05, 4.69) is 24.3 Å². The van der Waals surface area contributed by atoms with Crippen LogP contribution in [-0.4, -0.2) is 16.3 Å². The molecular weight excluding hydrogens is 265 g/mol. The van der Waals surface area contributed by atoms with Gasteiger partial charge in [-0.05, 0) is 44.0 Å². The van der Waals surface area contributed by atoms with Crippen LogP contribution < -0.4 is 5.32 Å². The molecule has 2 aromatic rings.